The van der Waals surface area contributed by atoms with Crippen LogP contribution in [0.1, 0.15) is 21.5 Å². The second-order valence-corrected chi connectivity index (χ2v) is 7.82. The molecule has 1 fully saturated rings. The summed E-state index contributed by atoms with van der Waals surface area (Å²) >= 11 is 0. The van der Waals surface area contributed by atoms with Gasteiger partial charge in [-0.05, 0) is 47.5 Å². The molecule has 0 atom stereocenters. The molecule has 7 heteroatoms. The summed E-state index contributed by atoms with van der Waals surface area (Å²) in [5.41, 5.74) is 3.02. The number of benzene rings is 3. The smallest absolute Gasteiger partial charge is 0.312 e. The van der Waals surface area contributed by atoms with E-state index in [1.54, 1.807) is 65.4 Å². The topological polar surface area (TPSA) is 79.0 Å². The molecule has 0 spiro atoms. The molecule has 4 rings (SSSR count). The van der Waals surface area contributed by atoms with Crippen LogP contribution in [0.3, 0.4) is 0 Å². The van der Waals surface area contributed by atoms with E-state index in [9.17, 15) is 14.4 Å². The molecule has 0 aromatic heterocycles. The van der Waals surface area contributed by atoms with Crippen LogP contribution >= 0.6 is 0 Å². The van der Waals surface area contributed by atoms with Gasteiger partial charge in [0, 0.05) is 37.4 Å². The highest BCUT2D eigenvalue weighted by Crippen LogP contribution is 2.17. The quantitative estimate of drug-likeness (QED) is 0.568. The van der Waals surface area contributed by atoms with Crippen molar-refractivity contribution in [2.24, 2.45) is 0 Å². The van der Waals surface area contributed by atoms with Gasteiger partial charge in [-0.2, -0.15) is 0 Å². The van der Waals surface area contributed by atoms with Gasteiger partial charge in [0.15, 0.2) is 0 Å². The second-order valence-electron chi connectivity index (χ2n) is 7.82. The number of ether oxygens (including phenoxy) is 1. The monoisotopic (exact) mass is 443 g/mol. The zero-order chi connectivity index (χ0) is 23.2. The Morgan fingerprint density at radius 2 is 1.33 bits per heavy atom. The normalized spacial score (nSPS) is 13.7. The Kier molecular flexibility index (Phi) is 6.69. The van der Waals surface area contributed by atoms with Crippen molar-refractivity contribution >= 4 is 23.4 Å². The molecule has 1 saturated heterocycles. The van der Waals surface area contributed by atoms with Crippen LogP contribution in [0.5, 0.6) is 5.75 Å². The Bertz CT molecular complexity index is 1130. The second kappa shape index (κ2) is 9.99. The third-order valence-corrected chi connectivity index (χ3v) is 5.55. The first-order valence-electron chi connectivity index (χ1n) is 10.7. The van der Waals surface area contributed by atoms with E-state index in [1.807, 2.05) is 30.3 Å². The van der Waals surface area contributed by atoms with Gasteiger partial charge in [-0.25, -0.2) is 0 Å². The molecule has 0 bridgehead atoms. The van der Waals surface area contributed by atoms with Gasteiger partial charge < -0.3 is 19.9 Å². The summed E-state index contributed by atoms with van der Waals surface area (Å²) in [6.07, 6.45) is 0. The third kappa shape index (κ3) is 5.38. The van der Waals surface area contributed by atoms with Crippen molar-refractivity contribution in [3.63, 3.8) is 0 Å². The Hall–Kier alpha value is -4.13. The van der Waals surface area contributed by atoms with Gasteiger partial charge in [-0.3, -0.25) is 14.4 Å². The molecule has 0 unspecified atom stereocenters. The summed E-state index contributed by atoms with van der Waals surface area (Å²) in [7, 11) is 1.59. The number of rotatable bonds is 7. The van der Waals surface area contributed by atoms with Gasteiger partial charge in [0.1, 0.15) is 5.75 Å². The molecule has 3 aromatic rings. The molecule has 1 aliphatic heterocycles. The number of anilines is 1. The highest BCUT2D eigenvalue weighted by atomic mass is 16.5. The first-order chi connectivity index (χ1) is 16.0. The summed E-state index contributed by atoms with van der Waals surface area (Å²) in [5, 5.41) is 2.84. The summed E-state index contributed by atoms with van der Waals surface area (Å²) in [6, 6.07) is 23.8. The van der Waals surface area contributed by atoms with Gasteiger partial charge in [0.05, 0.1) is 7.11 Å². The summed E-state index contributed by atoms with van der Waals surface area (Å²) < 4.78 is 5.12. The lowest BCUT2D eigenvalue weighted by molar-refractivity contribution is -0.156. The van der Waals surface area contributed by atoms with Crippen LogP contribution in [0.25, 0.3) is 0 Å². The molecule has 0 radical (unpaired) electrons. The SMILES string of the molecule is COc1ccc(NC(=O)c2ccc(CN3CCN(Cc4ccccc4)C(=O)C3=O)cc2)cc1. The van der Waals surface area contributed by atoms with Crippen molar-refractivity contribution in [2.45, 2.75) is 13.1 Å². The van der Waals surface area contributed by atoms with Crippen molar-refractivity contribution in [1.82, 2.24) is 9.80 Å². The largest absolute Gasteiger partial charge is 0.497 e. The predicted molar refractivity (Wildman–Crippen MR) is 125 cm³/mol. The fourth-order valence-electron chi connectivity index (χ4n) is 3.68. The first-order valence-corrected chi connectivity index (χ1v) is 10.7. The fraction of sp³-hybridized carbons (Fsp3) is 0.192. The van der Waals surface area contributed by atoms with Gasteiger partial charge in [0.25, 0.3) is 5.91 Å². The number of nitrogens with zero attached hydrogens (tertiary/aromatic N) is 2. The van der Waals surface area contributed by atoms with Crippen molar-refractivity contribution < 1.29 is 19.1 Å². The van der Waals surface area contributed by atoms with E-state index < -0.39 is 11.8 Å². The van der Waals surface area contributed by atoms with Crippen LogP contribution in [-0.4, -0.2) is 47.7 Å². The molecular weight excluding hydrogens is 418 g/mol. The van der Waals surface area contributed by atoms with E-state index in [1.165, 1.54) is 0 Å². The molecule has 0 aliphatic carbocycles. The number of methoxy groups -OCH3 is 1. The molecule has 3 amide bonds. The minimum absolute atomic E-state index is 0.229. The maximum absolute atomic E-state index is 12.6. The number of amides is 3. The van der Waals surface area contributed by atoms with E-state index in [0.29, 0.717) is 43.2 Å². The van der Waals surface area contributed by atoms with Crippen LogP contribution in [0.15, 0.2) is 78.9 Å². The Morgan fingerprint density at radius 1 is 0.788 bits per heavy atom. The fourth-order valence-corrected chi connectivity index (χ4v) is 3.68. The van der Waals surface area contributed by atoms with Crippen LogP contribution in [0.4, 0.5) is 5.69 Å². The highest BCUT2D eigenvalue weighted by Gasteiger charge is 2.32. The van der Waals surface area contributed by atoms with Crippen molar-refractivity contribution in [3.8, 4) is 5.75 Å². The molecule has 3 aromatic carbocycles. The van der Waals surface area contributed by atoms with Crippen LogP contribution in [0, 0.1) is 0 Å². The van der Waals surface area contributed by atoms with Crippen molar-refractivity contribution in [1.29, 1.82) is 0 Å². The van der Waals surface area contributed by atoms with Crippen molar-refractivity contribution in [2.75, 3.05) is 25.5 Å². The molecular formula is C26H25N3O4. The molecule has 0 saturated carbocycles. The average molecular weight is 444 g/mol. The van der Waals surface area contributed by atoms with Gasteiger partial charge >= 0.3 is 11.8 Å². The van der Waals surface area contributed by atoms with Gasteiger partial charge in [-0.15, -0.1) is 0 Å². The van der Waals surface area contributed by atoms with Gasteiger partial charge in [0.2, 0.25) is 0 Å². The lowest BCUT2D eigenvalue weighted by atomic mass is 10.1. The molecule has 1 aliphatic rings. The Balaban J connectivity index is 1.33. The predicted octanol–water partition coefficient (Wildman–Crippen LogP) is 3.32. The molecule has 33 heavy (non-hydrogen) atoms. The summed E-state index contributed by atoms with van der Waals surface area (Å²) in [6.45, 7) is 1.71. The minimum Gasteiger partial charge on any atom is -0.497 e. The zero-order valence-electron chi connectivity index (χ0n) is 18.4. The van der Waals surface area contributed by atoms with E-state index in [2.05, 4.69) is 5.32 Å². The minimum atomic E-state index is -0.501. The van der Waals surface area contributed by atoms with E-state index in [-0.39, 0.29) is 5.91 Å². The van der Waals surface area contributed by atoms with Crippen LogP contribution in [0.2, 0.25) is 0 Å². The lowest BCUT2D eigenvalue weighted by Crippen LogP contribution is -2.53. The number of hydrogen-bond donors (Lipinski definition) is 1. The molecule has 1 heterocycles. The van der Waals surface area contributed by atoms with Crippen molar-refractivity contribution in [3.05, 3.63) is 95.6 Å². The first kappa shape index (κ1) is 22.1. The molecule has 1 N–H and O–H groups in total. The lowest BCUT2D eigenvalue weighted by Gasteiger charge is -2.33. The number of carbonyl (C=O) groups is 3. The summed E-state index contributed by atoms with van der Waals surface area (Å²) in [4.78, 5) is 40.8. The maximum atomic E-state index is 12.6. The summed E-state index contributed by atoms with van der Waals surface area (Å²) in [5.74, 6) is -0.502. The molecule has 168 valence electrons. The number of hydrogen-bond acceptors (Lipinski definition) is 4. The van der Waals surface area contributed by atoms with Gasteiger partial charge in [-0.1, -0.05) is 42.5 Å². The number of nitrogens with one attached hydrogen (secondary N) is 1. The third-order valence-electron chi connectivity index (χ3n) is 5.55. The number of carbonyl (C=O) groups excluding carboxylic acids is 3. The van der Waals surface area contributed by atoms with E-state index >= 15 is 0 Å². The Morgan fingerprint density at radius 3 is 1.88 bits per heavy atom. The number of piperazine rings is 1. The highest BCUT2D eigenvalue weighted by molar-refractivity contribution is 6.35. The zero-order valence-corrected chi connectivity index (χ0v) is 18.4. The molecule has 7 nitrogen and oxygen atoms in total. The maximum Gasteiger partial charge on any atom is 0.312 e. The average Bonchev–Trinajstić information content (AvgIpc) is 2.85. The Labute approximate surface area is 192 Å². The standard InChI is InChI=1S/C26H25N3O4/c1-33-23-13-11-22(12-14-23)27-24(30)21-9-7-20(8-10-21)18-29-16-15-28(25(31)26(29)32)17-19-5-3-2-4-6-19/h2-14H,15-18H2,1H3,(H,27,30). The van der Waals surface area contributed by atoms with E-state index in [4.69, 9.17) is 4.74 Å². The van der Waals surface area contributed by atoms with Crippen LogP contribution in [-0.2, 0) is 22.7 Å². The van der Waals surface area contributed by atoms with E-state index in [0.717, 1.165) is 11.1 Å². The van der Waals surface area contributed by atoms with Crippen LogP contribution < -0.4 is 10.1 Å².